The van der Waals surface area contributed by atoms with Crippen LogP contribution in [0.25, 0.3) is 0 Å². The van der Waals surface area contributed by atoms with E-state index in [2.05, 4.69) is 0 Å². The molecule has 0 aromatic rings. The first-order valence-electron chi connectivity index (χ1n) is 7.64. The molecule has 1 saturated heterocycles. The normalized spacial score (nSPS) is 21.9. The lowest BCUT2D eigenvalue weighted by Crippen LogP contribution is -2.40. The number of hydrogen-bond acceptors (Lipinski definition) is 5. The number of ether oxygens (including phenoxy) is 1. The molecule has 1 N–H and O–H groups in total. The second-order valence-electron chi connectivity index (χ2n) is 6.67. The van der Waals surface area contributed by atoms with Crippen molar-refractivity contribution < 1.29 is 24.3 Å². The topological polar surface area (TPSA) is 87.2 Å². The molecule has 22 heavy (non-hydrogen) atoms. The lowest BCUT2D eigenvalue weighted by atomic mass is 9.90. The molecule has 0 aromatic heterocycles. The zero-order valence-corrected chi connectivity index (χ0v) is 13.7. The first-order valence-corrected chi connectivity index (χ1v) is 7.64. The van der Waals surface area contributed by atoms with Crippen LogP contribution in [-0.4, -0.2) is 52.3 Å². The SMILES string of the molecule is CCCCC1CN(C(=O)OC(C)(C)C)C(=O)C1CN(O)C=O. The van der Waals surface area contributed by atoms with Crippen LogP contribution in [0.2, 0.25) is 0 Å². The molecule has 2 atom stereocenters. The van der Waals surface area contributed by atoms with Crippen molar-refractivity contribution in [1.82, 2.24) is 9.96 Å². The van der Waals surface area contributed by atoms with Crippen LogP contribution in [0.5, 0.6) is 0 Å². The molecule has 3 amide bonds. The number of imide groups is 1. The average Bonchev–Trinajstić information content (AvgIpc) is 2.72. The molecule has 0 bridgehead atoms. The third-order valence-electron chi connectivity index (χ3n) is 3.62. The van der Waals surface area contributed by atoms with Crippen LogP contribution in [0, 0.1) is 11.8 Å². The van der Waals surface area contributed by atoms with Gasteiger partial charge in [0.25, 0.3) is 0 Å². The molecule has 0 radical (unpaired) electrons. The van der Waals surface area contributed by atoms with Crippen molar-refractivity contribution >= 4 is 18.4 Å². The number of carbonyl (C=O) groups excluding carboxylic acids is 3. The molecule has 0 saturated carbocycles. The molecule has 1 heterocycles. The summed E-state index contributed by atoms with van der Waals surface area (Å²) in [6.07, 6.45) is 2.25. The monoisotopic (exact) mass is 314 g/mol. The molecule has 1 aliphatic heterocycles. The summed E-state index contributed by atoms with van der Waals surface area (Å²) in [6, 6.07) is 0. The Morgan fingerprint density at radius 1 is 1.50 bits per heavy atom. The number of amides is 3. The second-order valence-corrected chi connectivity index (χ2v) is 6.67. The predicted molar refractivity (Wildman–Crippen MR) is 79.0 cm³/mol. The summed E-state index contributed by atoms with van der Waals surface area (Å²) in [7, 11) is 0. The highest BCUT2D eigenvalue weighted by molar-refractivity contribution is 5.95. The van der Waals surface area contributed by atoms with E-state index >= 15 is 0 Å². The van der Waals surface area contributed by atoms with Crippen LogP contribution in [0.1, 0.15) is 47.0 Å². The maximum atomic E-state index is 12.4. The number of hydrogen-bond donors (Lipinski definition) is 1. The van der Waals surface area contributed by atoms with E-state index in [1.54, 1.807) is 20.8 Å². The first-order chi connectivity index (χ1) is 10.2. The third-order valence-corrected chi connectivity index (χ3v) is 3.62. The van der Waals surface area contributed by atoms with Crippen LogP contribution >= 0.6 is 0 Å². The predicted octanol–water partition coefficient (Wildman–Crippen LogP) is 2.03. The van der Waals surface area contributed by atoms with E-state index in [9.17, 15) is 19.6 Å². The molecular weight excluding hydrogens is 288 g/mol. The maximum absolute atomic E-state index is 12.4. The van der Waals surface area contributed by atoms with Crippen LogP contribution in [0.15, 0.2) is 0 Å². The van der Waals surface area contributed by atoms with Gasteiger partial charge in [-0.25, -0.2) is 14.8 Å². The largest absolute Gasteiger partial charge is 0.443 e. The molecule has 1 rings (SSSR count). The van der Waals surface area contributed by atoms with Gasteiger partial charge in [0.1, 0.15) is 5.60 Å². The van der Waals surface area contributed by atoms with Gasteiger partial charge in [0, 0.05) is 6.54 Å². The molecule has 7 heteroatoms. The zero-order chi connectivity index (χ0) is 16.9. The van der Waals surface area contributed by atoms with Crippen LogP contribution < -0.4 is 0 Å². The summed E-state index contributed by atoms with van der Waals surface area (Å²) in [6.45, 7) is 7.42. The fraction of sp³-hybridized carbons (Fsp3) is 0.800. The summed E-state index contributed by atoms with van der Waals surface area (Å²) >= 11 is 0. The van der Waals surface area contributed by atoms with Crippen molar-refractivity contribution in [2.24, 2.45) is 11.8 Å². The Kier molecular flexibility index (Phi) is 6.34. The van der Waals surface area contributed by atoms with Gasteiger partial charge in [0.15, 0.2) is 0 Å². The Morgan fingerprint density at radius 2 is 2.14 bits per heavy atom. The van der Waals surface area contributed by atoms with Gasteiger partial charge in [-0.3, -0.25) is 14.8 Å². The molecule has 1 fully saturated rings. The van der Waals surface area contributed by atoms with Gasteiger partial charge in [0.05, 0.1) is 12.5 Å². The molecular formula is C15H26N2O5. The number of unbranched alkanes of at least 4 members (excludes halogenated alkanes) is 1. The Bertz CT molecular complexity index is 419. The minimum atomic E-state index is -0.680. The Labute approximate surface area is 131 Å². The fourth-order valence-corrected chi connectivity index (χ4v) is 2.57. The lowest BCUT2D eigenvalue weighted by molar-refractivity contribution is -0.155. The smallest absolute Gasteiger partial charge is 0.417 e. The van der Waals surface area contributed by atoms with Crippen molar-refractivity contribution in [3.8, 4) is 0 Å². The number of carbonyl (C=O) groups is 3. The molecule has 7 nitrogen and oxygen atoms in total. The van der Waals surface area contributed by atoms with E-state index in [0.717, 1.165) is 24.2 Å². The van der Waals surface area contributed by atoms with Crippen LogP contribution in [0.3, 0.4) is 0 Å². The van der Waals surface area contributed by atoms with E-state index in [0.29, 0.717) is 5.06 Å². The Morgan fingerprint density at radius 3 is 2.64 bits per heavy atom. The van der Waals surface area contributed by atoms with Crippen molar-refractivity contribution in [3.05, 3.63) is 0 Å². The molecule has 126 valence electrons. The Hall–Kier alpha value is -1.63. The molecule has 0 aliphatic carbocycles. The third kappa shape index (κ3) is 4.98. The Balaban J connectivity index is 2.83. The summed E-state index contributed by atoms with van der Waals surface area (Å²) in [5.41, 5.74) is -0.680. The quantitative estimate of drug-likeness (QED) is 0.460. The number of rotatable bonds is 6. The van der Waals surface area contributed by atoms with Crippen molar-refractivity contribution in [2.75, 3.05) is 13.1 Å². The van der Waals surface area contributed by atoms with Crippen molar-refractivity contribution in [3.63, 3.8) is 0 Å². The number of likely N-dealkylation sites (tertiary alicyclic amines) is 1. The molecule has 0 spiro atoms. The van der Waals surface area contributed by atoms with Gasteiger partial charge in [-0.05, 0) is 33.1 Å². The van der Waals surface area contributed by atoms with E-state index in [1.807, 2.05) is 6.92 Å². The van der Waals surface area contributed by atoms with E-state index < -0.39 is 23.5 Å². The van der Waals surface area contributed by atoms with Crippen molar-refractivity contribution in [2.45, 2.75) is 52.6 Å². The van der Waals surface area contributed by atoms with Crippen LogP contribution in [0.4, 0.5) is 4.79 Å². The summed E-state index contributed by atoms with van der Waals surface area (Å²) in [5, 5.41) is 9.83. The number of nitrogens with zero attached hydrogens (tertiary/aromatic N) is 2. The average molecular weight is 314 g/mol. The van der Waals surface area contributed by atoms with Gasteiger partial charge in [0.2, 0.25) is 12.3 Å². The fourth-order valence-electron chi connectivity index (χ4n) is 2.57. The van der Waals surface area contributed by atoms with E-state index in [-0.39, 0.29) is 25.4 Å². The first kappa shape index (κ1) is 18.4. The highest BCUT2D eigenvalue weighted by Gasteiger charge is 2.44. The van der Waals surface area contributed by atoms with Gasteiger partial charge in [-0.15, -0.1) is 0 Å². The van der Waals surface area contributed by atoms with Crippen molar-refractivity contribution in [1.29, 1.82) is 0 Å². The molecule has 0 aromatic carbocycles. The van der Waals surface area contributed by atoms with E-state index in [4.69, 9.17) is 4.74 Å². The van der Waals surface area contributed by atoms with Gasteiger partial charge in [-0.2, -0.15) is 0 Å². The number of hydroxylamine groups is 2. The highest BCUT2D eigenvalue weighted by atomic mass is 16.6. The summed E-state index contributed by atoms with van der Waals surface area (Å²) in [4.78, 5) is 36.2. The molecule has 1 aliphatic rings. The summed E-state index contributed by atoms with van der Waals surface area (Å²) < 4.78 is 5.25. The van der Waals surface area contributed by atoms with Crippen LogP contribution in [-0.2, 0) is 14.3 Å². The zero-order valence-electron chi connectivity index (χ0n) is 13.7. The standard InChI is InChI=1S/C15H26N2O5/c1-5-6-7-11-8-17(14(20)22-15(2,3)4)13(19)12(11)9-16(21)10-18/h10-12,21H,5-9H2,1-4H3. The molecule has 2 unspecified atom stereocenters. The van der Waals surface area contributed by atoms with E-state index in [1.165, 1.54) is 0 Å². The minimum absolute atomic E-state index is 0.0745. The second kappa shape index (κ2) is 7.58. The lowest BCUT2D eigenvalue weighted by Gasteiger charge is -2.23. The van der Waals surface area contributed by atoms with Gasteiger partial charge >= 0.3 is 6.09 Å². The highest BCUT2D eigenvalue weighted by Crippen LogP contribution is 2.30. The minimum Gasteiger partial charge on any atom is -0.443 e. The maximum Gasteiger partial charge on any atom is 0.417 e. The van der Waals surface area contributed by atoms with Gasteiger partial charge < -0.3 is 4.74 Å². The summed E-state index contributed by atoms with van der Waals surface area (Å²) in [5.74, 6) is -1.04. The van der Waals surface area contributed by atoms with Gasteiger partial charge in [-0.1, -0.05) is 19.8 Å².